The summed E-state index contributed by atoms with van der Waals surface area (Å²) in [5.41, 5.74) is 1.41. The summed E-state index contributed by atoms with van der Waals surface area (Å²) in [5.74, 6) is 0. The Morgan fingerprint density at radius 3 is 2.79 bits per heavy atom. The van der Waals surface area contributed by atoms with Gasteiger partial charge in [-0.15, -0.1) is 0 Å². The van der Waals surface area contributed by atoms with Crippen LogP contribution in [0, 0.1) is 0 Å². The van der Waals surface area contributed by atoms with Crippen molar-refractivity contribution in [1.82, 2.24) is 10.6 Å². The maximum absolute atomic E-state index is 3.56. The molecule has 2 rings (SSSR count). The van der Waals surface area contributed by atoms with Crippen LogP contribution in [0.3, 0.4) is 0 Å². The molecule has 1 fully saturated rings. The van der Waals surface area contributed by atoms with Crippen LogP contribution in [0.2, 0.25) is 0 Å². The van der Waals surface area contributed by atoms with Crippen LogP contribution in [0.5, 0.6) is 0 Å². The van der Waals surface area contributed by atoms with Gasteiger partial charge in [0.1, 0.15) is 0 Å². The van der Waals surface area contributed by atoms with Gasteiger partial charge < -0.3 is 10.6 Å². The molecule has 2 N–H and O–H groups in total. The van der Waals surface area contributed by atoms with E-state index in [0.29, 0.717) is 12.1 Å². The fraction of sp³-hybridized carbons (Fsp3) is 0.500. The van der Waals surface area contributed by atoms with Gasteiger partial charge in [-0.1, -0.05) is 30.3 Å². The topological polar surface area (TPSA) is 24.1 Å². The highest BCUT2D eigenvalue weighted by molar-refractivity contribution is 5.19. The van der Waals surface area contributed by atoms with Crippen LogP contribution in [-0.2, 0) is 0 Å². The van der Waals surface area contributed by atoms with Gasteiger partial charge in [0, 0.05) is 12.1 Å². The van der Waals surface area contributed by atoms with Crippen molar-refractivity contribution < 1.29 is 0 Å². The van der Waals surface area contributed by atoms with Crippen molar-refractivity contribution in [2.24, 2.45) is 0 Å². The lowest BCUT2D eigenvalue weighted by molar-refractivity contribution is 0.337. The number of hydrogen-bond donors (Lipinski definition) is 2. The Bertz CT molecular complexity index is 271. The lowest BCUT2D eigenvalue weighted by Gasteiger charge is -2.30. The molecule has 1 saturated heterocycles. The molecule has 1 aliphatic rings. The van der Waals surface area contributed by atoms with Crippen LogP contribution in [0.25, 0.3) is 0 Å². The maximum Gasteiger partial charge on any atom is 0.0335 e. The van der Waals surface area contributed by atoms with Crippen molar-refractivity contribution in [1.29, 1.82) is 0 Å². The summed E-state index contributed by atoms with van der Waals surface area (Å²) in [7, 11) is 2.05. The van der Waals surface area contributed by atoms with Crippen LogP contribution in [0.15, 0.2) is 30.3 Å². The van der Waals surface area contributed by atoms with Gasteiger partial charge >= 0.3 is 0 Å². The second kappa shape index (κ2) is 4.58. The summed E-state index contributed by atoms with van der Waals surface area (Å²) in [5, 5.41) is 6.92. The minimum atomic E-state index is 0.530. The number of nitrogens with one attached hydrogen (secondary N) is 2. The molecule has 0 aromatic heterocycles. The summed E-state index contributed by atoms with van der Waals surface area (Å²) in [6, 6.07) is 11.9. The van der Waals surface area contributed by atoms with E-state index in [-0.39, 0.29) is 0 Å². The molecule has 1 aromatic carbocycles. The van der Waals surface area contributed by atoms with E-state index >= 15 is 0 Å². The van der Waals surface area contributed by atoms with Crippen molar-refractivity contribution >= 4 is 0 Å². The SMILES string of the molecule is CN[C@@H]1CCN[C@H](c2ccccc2)C1. The first-order chi connectivity index (χ1) is 6.90. The smallest absolute Gasteiger partial charge is 0.0335 e. The van der Waals surface area contributed by atoms with Gasteiger partial charge in [-0.05, 0) is 32.0 Å². The molecule has 0 spiro atoms. The third-order valence-electron chi connectivity index (χ3n) is 3.01. The van der Waals surface area contributed by atoms with Crippen LogP contribution >= 0.6 is 0 Å². The standard InChI is InChI=1S/C12H18N2/c1-13-11-7-8-14-12(9-11)10-5-3-2-4-6-10/h2-6,11-14H,7-9H2,1H3/t11-,12+/m1/s1. The second-order valence-corrected chi connectivity index (χ2v) is 3.93. The number of piperidine rings is 1. The van der Waals surface area contributed by atoms with Crippen LogP contribution in [0.1, 0.15) is 24.4 Å². The molecule has 0 saturated carbocycles. The van der Waals surface area contributed by atoms with Gasteiger partial charge in [-0.3, -0.25) is 0 Å². The molecule has 14 heavy (non-hydrogen) atoms. The quantitative estimate of drug-likeness (QED) is 0.741. The Balaban J connectivity index is 2.04. The predicted octanol–water partition coefficient (Wildman–Crippen LogP) is 1.70. The summed E-state index contributed by atoms with van der Waals surface area (Å²) >= 11 is 0. The normalized spacial score (nSPS) is 27.5. The highest BCUT2D eigenvalue weighted by Crippen LogP contribution is 2.22. The molecule has 76 valence electrons. The first-order valence-corrected chi connectivity index (χ1v) is 5.36. The molecule has 1 aromatic rings. The third kappa shape index (κ3) is 2.14. The van der Waals surface area contributed by atoms with Crippen LogP contribution in [0.4, 0.5) is 0 Å². The molecule has 0 radical (unpaired) electrons. The molecule has 1 aliphatic heterocycles. The minimum Gasteiger partial charge on any atom is -0.317 e. The first kappa shape index (κ1) is 9.69. The largest absolute Gasteiger partial charge is 0.317 e. The van der Waals surface area contributed by atoms with E-state index in [9.17, 15) is 0 Å². The zero-order valence-electron chi connectivity index (χ0n) is 8.66. The molecule has 2 nitrogen and oxygen atoms in total. The Morgan fingerprint density at radius 1 is 1.29 bits per heavy atom. The fourth-order valence-electron chi connectivity index (χ4n) is 2.12. The average Bonchev–Trinajstić information content (AvgIpc) is 2.30. The molecule has 1 heterocycles. The Labute approximate surface area is 85.7 Å². The lowest BCUT2D eigenvalue weighted by atomic mass is 9.94. The van der Waals surface area contributed by atoms with Gasteiger partial charge in [0.15, 0.2) is 0 Å². The number of benzene rings is 1. The summed E-state index contributed by atoms with van der Waals surface area (Å²) in [4.78, 5) is 0. The first-order valence-electron chi connectivity index (χ1n) is 5.36. The average molecular weight is 190 g/mol. The van der Waals surface area contributed by atoms with E-state index in [4.69, 9.17) is 0 Å². The van der Waals surface area contributed by atoms with E-state index < -0.39 is 0 Å². The van der Waals surface area contributed by atoms with E-state index in [1.807, 2.05) is 0 Å². The van der Waals surface area contributed by atoms with Crippen molar-refractivity contribution in [3.05, 3.63) is 35.9 Å². The van der Waals surface area contributed by atoms with E-state index in [2.05, 4.69) is 48.0 Å². The molecule has 2 atom stereocenters. The van der Waals surface area contributed by atoms with Gasteiger partial charge in [0.2, 0.25) is 0 Å². The molecule has 0 amide bonds. The van der Waals surface area contributed by atoms with Gasteiger partial charge in [-0.25, -0.2) is 0 Å². The van der Waals surface area contributed by atoms with Crippen molar-refractivity contribution in [2.75, 3.05) is 13.6 Å². The molecule has 0 bridgehead atoms. The van der Waals surface area contributed by atoms with Crippen molar-refractivity contribution in [3.63, 3.8) is 0 Å². The zero-order chi connectivity index (χ0) is 9.80. The molecular formula is C12H18N2. The Hall–Kier alpha value is -0.860. The number of hydrogen-bond acceptors (Lipinski definition) is 2. The van der Waals surface area contributed by atoms with E-state index in [1.165, 1.54) is 18.4 Å². The Kier molecular flexibility index (Phi) is 3.17. The van der Waals surface area contributed by atoms with Crippen LogP contribution in [-0.4, -0.2) is 19.6 Å². The monoisotopic (exact) mass is 190 g/mol. The summed E-state index contributed by atoms with van der Waals surface area (Å²) < 4.78 is 0. The maximum atomic E-state index is 3.56. The van der Waals surface area contributed by atoms with Gasteiger partial charge in [0.05, 0.1) is 0 Å². The second-order valence-electron chi connectivity index (χ2n) is 3.93. The lowest BCUT2D eigenvalue weighted by Crippen LogP contribution is -2.40. The predicted molar refractivity (Wildman–Crippen MR) is 59.3 cm³/mol. The summed E-state index contributed by atoms with van der Waals surface area (Å²) in [6.45, 7) is 1.12. The Morgan fingerprint density at radius 2 is 2.07 bits per heavy atom. The van der Waals surface area contributed by atoms with Crippen LogP contribution < -0.4 is 10.6 Å². The fourth-order valence-corrected chi connectivity index (χ4v) is 2.12. The third-order valence-corrected chi connectivity index (χ3v) is 3.01. The highest BCUT2D eigenvalue weighted by atomic mass is 15.0. The molecule has 0 aliphatic carbocycles. The summed E-state index contributed by atoms with van der Waals surface area (Å²) in [6.07, 6.45) is 2.43. The molecule has 2 heteroatoms. The minimum absolute atomic E-state index is 0.530. The molecule has 0 unspecified atom stereocenters. The number of rotatable bonds is 2. The van der Waals surface area contributed by atoms with Gasteiger partial charge in [0.25, 0.3) is 0 Å². The van der Waals surface area contributed by atoms with E-state index in [0.717, 1.165) is 6.54 Å². The highest BCUT2D eigenvalue weighted by Gasteiger charge is 2.20. The van der Waals surface area contributed by atoms with Crippen molar-refractivity contribution in [3.8, 4) is 0 Å². The molecular weight excluding hydrogens is 172 g/mol. The van der Waals surface area contributed by atoms with Crippen molar-refractivity contribution in [2.45, 2.75) is 24.9 Å². The van der Waals surface area contributed by atoms with E-state index in [1.54, 1.807) is 0 Å². The zero-order valence-corrected chi connectivity index (χ0v) is 8.66. The van der Waals surface area contributed by atoms with Gasteiger partial charge in [-0.2, -0.15) is 0 Å².